The number of nitrogens with two attached hydrogens (primary N) is 1. The molecule has 0 radical (unpaired) electrons. The molecule has 0 saturated carbocycles. The zero-order valence-corrected chi connectivity index (χ0v) is 13.0. The van der Waals surface area contributed by atoms with E-state index in [2.05, 4.69) is 32.9 Å². The smallest absolute Gasteiger partial charge is 0.261 e. The Hall–Kier alpha value is -2.07. The van der Waals surface area contributed by atoms with Crippen molar-refractivity contribution in [1.82, 2.24) is 0 Å². The first-order valence-electron chi connectivity index (χ1n) is 6.99. The van der Waals surface area contributed by atoms with Crippen molar-refractivity contribution in [1.29, 1.82) is 0 Å². The third kappa shape index (κ3) is 3.34. The summed E-state index contributed by atoms with van der Waals surface area (Å²) in [6, 6.07) is 9.72. The molecule has 21 heavy (non-hydrogen) atoms. The lowest BCUT2D eigenvalue weighted by atomic mass is 9.87. The maximum absolute atomic E-state index is 12.4. The van der Waals surface area contributed by atoms with Crippen molar-refractivity contribution in [3.05, 3.63) is 53.5 Å². The second kappa shape index (κ2) is 5.74. The summed E-state index contributed by atoms with van der Waals surface area (Å²) in [5.74, 6) is 0.497. The molecule has 2 aromatic rings. The zero-order chi connectivity index (χ0) is 15.6. The van der Waals surface area contributed by atoms with Crippen molar-refractivity contribution in [2.75, 3.05) is 11.9 Å². The van der Waals surface area contributed by atoms with Crippen LogP contribution >= 0.6 is 0 Å². The summed E-state index contributed by atoms with van der Waals surface area (Å²) < 4.78 is 5.21. The second-order valence-electron chi connectivity index (χ2n) is 6.17. The Morgan fingerprint density at radius 1 is 1.24 bits per heavy atom. The number of hydrogen-bond donors (Lipinski definition) is 1. The lowest BCUT2D eigenvalue weighted by Gasteiger charge is -2.21. The molecule has 1 aromatic heterocycles. The van der Waals surface area contributed by atoms with Crippen LogP contribution in [0.4, 0.5) is 5.69 Å². The Morgan fingerprint density at radius 2 is 1.86 bits per heavy atom. The third-order valence-electron chi connectivity index (χ3n) is 3.53. The minimum Gasteiger partial charge on any atom is -0.467 e. The van der Waals surface area contributed by atoms with Gasteiger partial charge in [-0.25, -0.2) is 0 Å². The predicted molar refractivity (Wildman–Crippen MR) is 84.5 cm³/mol. The molecule has 0 spiro atoms. The highest BCUT2D eigenvalue weighted by atomic mass is 16.3. The van der Waals surface area contributed by atoms with E-state index in [1.807, 2.05) is 12.1 Å². The van der Waals surface area contributed by atoms with Crippen molar-refractivity contribution in [3.8, 4) is 0 Å². The molecule has 2 rings (SSSR count). The van der Waals surface area contributed by atoms with Gasteiger partial charge in [-0.2, -0.15) is 0 Å². The molecule has 0 bridgehead atoms. The summed E-state index contributed by atoms with van der Waals surface area (Å²) in [7, 11) is 1.75. The Bertz CT molecular complexity index is 621. The van der Waals surface area contributed by atoms with Gasteiger partial charge in [-0.3, -0.25) is 4.79 Å². The van der Waals surface area contributed by atoms with E-state index >= 15 is 0 Å². The van der Waals surface area contributed by atoms with Gasteiger partial charge in [-0.15, -0.1) is 0 Å². The van der Waals surface area contributed by atoms with Crippen LogP contribution in [-0.2, 0) is 12.0 Å². The first kappa shape index (κ1) is 15.3. The molecule has 2 N–H and O–H groups in total. The van der Waals surface area contributed by atoms with Crippen LogP contribution in [0.2, 0.25) is 0 Å². The van der Waals surface area contributed by atoms with Gasteiger partial charge in [-0.05, 0) is 29.2 Å². The summed E-state index contributed by atoms with van der Waals surface area (Å²) in [6.45, 7) is 6.78. The highest BCUT2D eigenvalue weighted by molar-refractivity contribution is 6.05. The molecule has 1 aromatic carbocycles. The molecule has 0 fully saturated rings. The van der Waals surface area contributed by atoms with Crippen LogP contribution in [0.1, 0.15) is 42.5 Å². The normalized spacial score (nSPS) is 11.5. The quantitative estimate of drug-likeness (QED) is 0.941. The van der Waals surface area contributed by atoms with Crippen LogP contribution in [0.25, 0.3) is 0 Å². The van der Waals surface area contributed by atoms with Crippen LogP contribution in [0.15, 0.2) is 41.0 Å². The van der Waals surface area contributed by atoms with Gasteiger partial charge in [0.25, 0.3) is 5.91 Å². The number of benzene rings is 1. The van der Waals surface area contributed by atoms with Gasteiger partial charge in [-0.1, -0.05) is 32.9 Å². The fourth-order valence-corrected chi connectivity index (χ4v) is 2.10. The number of nitrogens with zero attached hydrogens (tertiary/aromatic N) is 1. The van der Waals surface area contributed by atoms with E-state index in [4.69, 9.17) is 10.2 Å². The van der Waals surface area contributed by atoms with E-state index in [1.165, 1.54) is 11.8 Å². The summed E-state index contributed by atoms with van der Waals surface area (Å²) >= 11 is 0. The average molecular weight is 286 g/mol. The average Bonchev–Trinajstić information content (AvgIpc) is 2.94. The highest BCUT2D eigenvalue weighted by Crippen LogP contribution is 2.25. The van der Waals surface area contributed by atoms with E-state index < -0.39 is 0 Å². The van der Waals surface area contributed by atoms with Gasteiger partial charge < -0.3 is 15.1 Å². The number of carbonyl (C=O) groups is 1. The predicted octanol–water partition coefficient (Wildman–Crippen LogP) is 3.31. The van der Waals surface area contributed by atoms with Gasteiger partial charge in [0.1, 0.15) is 12.0 Å². The molecule has 4 heteroatoms. The number of furan rings is 1. The SMILES string of the molecule is CN(C(=O)c1coc(CN)c1)c1ccc(C(C)(C)C)cc1. The minimum absolute atomic E-state index is 0.0989. The summed E-state index contributed by atoms with van der Waals surface area (Å²) in [5.41, 5.74) is 8.19. The first-order chi connectivity index (χ1) is 9.82. The van der Waals surface area contributed by atoms with Gasteiger partial charge in [0.2, 0.25) is 0 Å². The van der Waals surface area contributed by atoms with E-state index in [1.54, 1.807) is 18.0 Å². The maximum atomic E-state index is 12.4. The molecular weight excluding hydrogens is 264 g/mol. The topological polar surface area (TPSA) is 59.5 Å². The first-order valence-corrected chi connectivity index (χ1v) is 6.99. The third-order valence-corrected chi connectivity index (χ3v) is 3.53. The Morgan fingerprint density at radius 3 is 2.33 bits per heavy atom. The number of hydrogen-bond acceptors (Lipinski definition) is 3. The molecule has 0 atom stereocenters. The molecule has 0 aliphatic rings. The van der Waals surface area contributed by atoms with Gasteiger partial charge >= 0.3 is 0 Å². The monoisotopic (exact) mass is 286 g/mol. The van der Waals surface area contributed by atoms with Gasteiger partial charge in [0.15, 0.2) is 0 Å². The van der Waals surface area contributed by atoms with E-state index in [-0.39, 0.29) is 17.9 Å². The zero-order valence-electron chi connectivity index (χ0n) is 13.0. The largest absolute Gasteiger partial charge is 0.467 e. The highest BCUT2D eigenvalue weighted by Gasteiger charge is 2.18. The number of rotatable bonds is 3. The van der Waals surface area contributed by atoms with Crippen LogP contribution in [-0.4, -0.2) is 13.0 Å². The van der Waals surface area contributed by atoms with Crippen LogP contribution < -0.4 is 10.6 Å². The summed E-state index contributed by atoms with van der Waals surface area (Å²) in [6.07, 6.45) is 1.45. The van der Waals surface area contributed by atoms with E-state index in [9.17, 15) is 4.79 Å². The van der Waals surface area contributed by atoms with Crippen LogP contribution in [0.3, 0.4) is 0 Å². The Labute approximate surface area is 125 Å². The van der Waals surface area contributed by atoms with Crippen LogP contribution in [0.5, 0.6) is 0 Å². The van der Waals surface area contributed by atoms with Gasteiger partial charge in [0.05, 0.1) is 12.1 Å². The molecule has 0 unspecified atom stereocenters. The van der Waals surface area contributed by atoms with Gasteiger partial charge in [0, 0.05) is 12.7 Å². The van der Waals surface area contributed by atoms with Crippen molar-refractivity contribution in [3.63, 3.8) is 0 Å². The molecule has 1 amide bonds. The lowest BCUT2D eigenvalue weighted by molar-refractivity contribution is 0.0992. The lowest BCUT2D eigenvalue weighted by Crippen LogP contribution is -2.26. The molecule has 1 heterocycles. The van der Waals surface area contributed by atoms with E-state index in [0.29, 0.717) is 11.3 Å². The van der Waals surface area contributed by atoms with Crippen LogP contribution in [0, 0.1) is 0 Å². The molecule has 0 aliphatic heterocycles. The molecular formula is C17H22N2O2. The number of amides is 1. The van der Waals surface area contributed by atoms with Crippen molar-refractivity contribution in [2.45, 2.75) is 32.7 Å². The molecule has 112 valence electrons. The Kier molecular flexibility index (Phi) is 4.19. The molecule has 0 aliphatic carbocycles. The fourth-order valence-electron chi connectivity index (χ4n) is 2.10. The summed E-state index contributed by atoms with van der Waals surface area (Å²) in [5, 5.41) is 0. The second-order valence-corrected chi connectivity index (χ2v) is 6.17. The number of anilines is 1. The van der Waals surface area contributed by atoms with Crippen molar-refractivity contribution in [2.24, 2.45) is 5.73 Å². The van der Waals surface area contributed by atoms with Crippen molar-refractivity contribution >= 4 is 11.6 Å². The number of carbonyl (C=O) groups excluding carboxylic acids is 1. The molecule has 4 nitrogen and oxygen atoms in total. The maximum Gasteiger partial charge on any atom is 0.261 e. The summed E-state index contributed by atoms with van der Waals surface area (Å²) in [4.78, 5) is 14.0. The van der Waals surface area contributed by atoms with Crippen molar-refractivity contribution < 1.29 is 9.21 Å². The van der Waals surface area contributed by atoms with E-state index in [0.717, 1.165) is 5.69 Å². The standard InChI is InChI=1S/C17H22N2O2/c1-17(2,3)13-5-7-14(8-6-13)19(4)16(20)12-9-15(10-18)21-11-12/h5-9,11H,10,18H2,1-4H3. The Balaban J connectivity index is 2.19. The minimum atomic E-state index is -0.109. The molecule has 0 saturated heterocycles. The fraction of sp³-hybridized carbons (Fsp3) is 0.353.